The monoisotopic (exact) mass is 520 g/mol. The molecular formula is C26H18F2N4O4S. The van der Waals surface area contributed by atoms with Gasteiger partial charge in [-0.05, 0) is 78.7 Å². The van der Waals surface area contributed by atoms with Gasteiger partial charge in [0, 0.05) is 17.1 Å². The predicted molar refractivity (Wildman–Crippen MR) is 136 cm³/mol. The van der Waals surface area contributed by atoms with E-state index in [4.69, 9.17) is 0 Å². The average Bonchev–Trinajstić information content (AvgIpc) is 3.29. The van der Waals surface area contributed by atoms with Crippen molar-refractivity contribution in [1.29, 1.82) is 0 Å². The van der Waals surface area contributed by atoms with Crippen LogP contribution >= 0.6 is 11.8 Å². The number of aromatic hydroxyl groups is 2. The van der Waals surface area contributed by atoms with Gasteiger partial charge in [0.2, 0.25) is 5.88 Å². The van der Waals surface area contributed by atoms with E-state index in [1.54, 1.807) is 12.1 Å². The maximum Gasteiger partial charge on any atom is 0.290 e. The lowest BCUT2D eigenvalue weighted by Crippen LogP contribution is -2.17. The number of azo groups is 1. The largest absolute Gasteiger partial charge is 0.506 e. The van der Waals surface area contributed by atoms with Crippen molar-refractivity contribution in [2.24, 2.45) is 10.2 Å². The van der Waals surface area contributed by atoms with Crippen LogP contribution in [-0.2, 0) is 4.79 Å². The maximum absolute atomic E-state index is 14.9. The summed E-state index contributed by atoms with van der Waals surface area (Å²) in [5.74, 6) is -3.04. The van der Waals surface area contributed by atoms with Crippen molar-refractivity contribution in [1.82, 2.24) is 9.88 Å². The molecule has 0 saturated carbocycles. The summed E-state index contributed by atoms with van der Waals surface area (Å²) in [5.41, 5.74) is 2.53. The Labute approximate surface area is 213 Å². The second-order valence-corrected chi connectivity index (χ2v) is 9.38. The Hall–Kier alpha value is -4.51. The van der Waals surface area contributed by atoms with Gasteiger partial charge in [-0.25, -0.2) is 8.78 Å². The summed E-state index contributed by atoms with van der Waals surface area (Å²) in [5, 5.41) is 31.1. The smallest absolute Gasteiger partial charge is 0.290 e. The lowest BCUT2D eigenvalue weighted by atomic mass is 10.1. The van der Waals surface area contributed by atoms with E-state index in [9.17, 15) is 28.6 Å². The van der Waals surface area contributed by atoms with Gasteiger partial charge in [-0.15, -0.1) is 10.2 Å². The quantitative estimate of drug-likeness (QED) is 0.205. The Morgan fingerprint density at radius 3 is 2.43 bits per heavy atom. The highest BCUT2D eigenvalue weighted by Crippen LogP contribution is 2.43. The molecule has 4 aromatic rings. The fourth-order valence-corrected chi connectivity index (χ4v) is 4.59. The number of amides is 2. The van der Waals surface area contributed by atoms with Gasteiger partial charge in [-0.2, -0.15) is 0 Å². The number of imide groups is 1. The zero-order chi connectivity index (χ0) is 26.4. The molecule has 1 aliphatic rings. The zero-order valence-electron chi connectivity index (χ0n) is 19.4. The molecule has 2 amide bonds. The molecule has 0 unspecified atom stereocenters. The Morgan fingerprint density at radius 2 is 1.76 bits per heavy atom. The molecule has 0 radical (unpaired) electrons. The van der Waals surface area contributed by atoms with E-state index in [0.717, 1.165) is 35.0 Å². The van der Waals surface area contributed by atoms with Crippen LogP contribution in [0.5, 0.6) is 11.6 Å². The number of aromatic nitrogens is 1. The first kappa shape index (κ1) is 24.2. The number of nitrogens with zero attached hydrogens (tertiary/aromatic N) is 3. The number of phenolic OH excluding ortho intramolecular Hbond substituents is 1. The number of fused-ring (bicyclic) bond motifs is 1. The minimum atomic E-state index is -0.891. The van der Waals surface area contributed by atoms with Gasteiger partial charge >= 0.3 is 0 Å². The van der Waals surface area contributed by atoms with E-state index < -0.39 is 28.7 Å². The second kappa shape index (κ2) is 9.17. The Kier molecular flexibility index (Phi) is 6.00. The summed E-state index contributed by atoms with van der Waals surface area (Å²) in [6.07, 6.45) is 1.43. The van der Waals surface area contributed by atoms with E-state index in [-0.39, 0.29) is 32.9 Å². The zero-order valence-corrected chi connectivity index (χ0v) is 20.2. The van der Waals surface area contributed by atoms with Crippen LogP contribution in [0.1, 0.15) is 16.7 Å². The first-order valence-electron chi connectivity index (χ1n) is 10.9. The van der Waals surface area contributed by atoms with Crippen molar-refractivity contribution >= 4 is 51.3 Å². The molecule has 0 bridgehead atoms. The minimum absolute atomic E-state index is 0.00473. The SMILES string of the molecule is Cc1ccc(-n2c(O)c(N=Nc3ccc(/C=C4\SC(=O)NC4=O)cc3O)c3cc(F)cc(F)c32)cc1C. The third-order valence-corrected chi connectivity index (χ3v) is 6.69. The van der Waals surface area contributed by atoms with Crippen LogP contribution in [0.4, 0.5) is 25.0 Å². The molecule has 0 spiro atoms. The lowest BCUT2D eigenvalue weighted by Gasteiger charge is -2.10. The third-order valence-electron chi connectivity index (χ3n) is 5.88. The predicted octanol–water partition coefficient (Wildman–Crippen LogP) is 6.68. The highest BCUT2D eigenvalue weighted by atomic mass is 32.2. The van der Waals surface area contributed by atoms with E-state index in [2.05, 4.69) is 15.5 Å². The average molecular weight is 521 g/mol. The molecule has 1 aliphatic heterocycles. The highest BCUT2D eigenvalue weighted by Gasteiger charge is 2.25. The summed E-state index contributed by atoms with van der Waals surface area (Å²) in [6, 6.07) is 11.3. The molecule has 3 N–H and O–H groups in total. The number of benzene rings is 3. The van der Waals surface area contributed by atoms with Crippen molar-refractivity contribution in [2.45, 2.75) is 13.8 Å². The van der Waals surface area contributed by atoms with Gasteiger partial charge < -0.3 is 10.2 Å². The molecule has 2 heterocycles. The molecule has 1 saturated heterocycles. The molecular weight excluding hydrogens is 502 g/mol. The van der Waals surface area contributed by atoms with Gasteiger partial charge in [0.25, 0.3) is 11.1 Å². The van der Waals surface area contributed by atoms with Gasteiger partial charge in [0.15, 0.2) is 11.5 Å². The topological polar surface area (TPSA) is 116 Å². The molecule has 186 valence electrons. The van der Waals surface area contributed by atoms with E-state index >= 15 is 0 Å². The van der Waals surface area contributed by atoms with Crippen molar-refractivity contribution in [2.75, 3.05) is 0 Å². The maximum atomic E-state index is 14.9. The molecule has 3 aromatic carbocycles. The molecule has 1 fully saturated rings. The fourth-order valence-electron chi connectivity index (χ4n) is 3.91. The molecule has 0 aliphatic carbocycles. The number of carbonyl (C=O) groups is 2. The van der Waals surface area contributed by atoms with Gasteiger partial charge in [-0.1, -0.05) is 12.1 Å². The minimum Gasteiger partial charge on any atom is -0.506 e. The van der Waals surface area contributed by atoms with Crippen LogP contribution < -0.4 is 5.32 Å². The standard InChI is InChI=1S/C26H18F2N4O4S/c1-12-3-5-16(7-13(12)2)32-23-17(10-15(27)11-18(23)28)22(25(32)35)31-30-19-6-4-14(8-20(19)33)9-21-24(34)29-26(36)37-21/h3-11,33,35H,1-2H3,(H,29,34,36)/b21-9-,31-30?. The highest BCUT2D eigenvalue weighted by molar-refractivity contribution is 8.18. The van der Waals surface area contributed by atoms with E-state index in [1.807, 2.05) is 19.9 Å². The Balaban J connectivity index is 1.58. The summed E-state index contributed by atoms with van der Waals surface area (Å²) in [4.78, 5) is 23.2. The number of halogens is 2. The molecule has 8 nitrogen and oxygen atoms in total. The summed E-state index contributed by atoms with van der Waals surface area (Å²) < 4.78 is 30.3. The molecule has 37 heavy (non-hydrogen) atoms. The van der Waals surface area contributed by atoms with Crippen LogP contribution in [0.15, 0.2) is 63.7 Å². The molecule has 11 heteroatoms. The first-order chi connectivity index (χ1) is 17.6. The molecule has 1 aromatic heterocycles. The molecule has 5 rings (SSSR count). The Morgan fingerprint density at radius 1 is 0.973 bits per heavy atom. The van der Waals surface area contributed by atoms with Gasteiger partial charge in [0.05, 0.1) is 10.4 Å². The lowest BCUT2D eigenvalue weighted by molar-refractivity contribution is -0.115. The fraction of sp³-hybridized carbons (Fsp3) is 0.0769. The third kappa shape index (κ3) is 4.45. The van der Waals surface area contributed by atoms with Gasteiger partial charge in [-0.3, -0.25) is 19.5 Å². The van der Waals surface area contributed by atoms with Gasteiger partial charge in [0.1, 0.15) is 17.3 Å². The van der Waals surface area contributed by atoms with Crippen molar-refractivity contribution in [3.63, 3.8) is 0 Å². The Bertz CT molecular complexity index is 1690. The van der Waals surface area contributed by atoms with Crippen LogP contribution in [0.25, 0.3) is 22.7 Å². The van der Waals surface area contributed by atoms with Crippen molar-refractivity contribution in [3.05, 3.63) is 81.8 Å². The summed E-state index contributed by atoms with van der Waals surface area (Å²) in [6.45, 7) is 3.79. The van der Waals surface area contributed by atoms with Crippen LogP contribution in [0.3, 0.4) is 0 Å². The number of phenols is 1. The van der Waals surface area contributed by atoms with Crippen LogP contribution in [0, 0.1) is 25.5 Å². The number of nitrogens with one attached hydrogen (secondary N) is 1. The van der Waals surface area contributed by atoms with Crippen LogP contribution in [0.2, 0.25) is 0 Å². The van der Waals surface area contributed by atoms with E-state index in [1.165, 1.54) is 28.8 Å². The number of hydrogen-bond acceptors (Lipinski definition) is 7. The summed E-state index contributed by atoms with van der Waals surface area (Å²) >= 11 is 0.740. The molecule has 0 atom stereocenters. The summed E-state index contributed by atoms with van der Waals surface area (Å²) in [7, 11) is 0. The number of hydrogen-bond donors (Lipinski definition) is 3. The van der Waals surface area contributed by atoms with E-state index in [0.29, 0.717) is 11.3 Å². The number of rotatable bonds is 4. The van der Waals surface area contributed by atoms with Crippen LogP contribution in [-0.4, -0.2) is 25.9 Å². The van der Waals surface area contributed by atoms with Crippen molar-refractivity contribution < 1.29 is 28.6 Å². The second-order valence-electron chi connectivity index (χ2n) is 8.36. The number of aryl methyl sites for hydroxylation is 2. The number of carbonyl (C=O) groups excluding carboxylic acids is 2. The first-order valence-corrected chi connectivity index (χ1v) is 11.7. The van der Waals surface area contributed by atoms with Crippen molar-refractivity contribution in [3.8, 4) is 17.3 Å². The normalized spacial score (nSPS) is 14.9. The number of thioether (sulfide) groups is 1.